The third kappa shape index (κ3) is 6.29. The van der Waals surface area contributed by atoms with Crippen molar-refractivity contribution in [2.24, 2.45) is 0 Å². The average Bonchev–Trinajstić information content (AvgIpc) is 3.36. The number of likely N-dealkylation sites (N-methyl/N-ethyl adjacent to an activating group) is 1. The molecule has 2 N–H and O–H groups in total. The van der Waals surface area contributed by atoms with Gasteiger partial charge in [-0.15, -0.1) is 0 Å². The number of hydrogen-bond acceptors (Lipinski definition) is 6. The summed E-state index contributed by atoms with van der Waals surface area (Å²) in [7, 11) is 0. The van der Waals surface area contributed by atoms with Crippen LogP contribution in [0.15, 0.2) is 42.5 Å². The highest BCUT2D eigenvalue weighted by Crippen LogP contribution is 2.31. The van der Waals surface area contributed by atoms with Gasteiger partial charge in [0.25, 0.3) is 17.5 Å². The molecule has 0 aromatic heterocycles. The number of benzene rings is 2. The highest BCUT2D eigenvalue weighted by molar-refractivity contribution is 6.05. The molecule has 2 aromatic rings. The number of amides is 2. The lowest BCUT2D eigenvalue weighted by Crippen LogP contribution is -2.34. The Morgan fingerprint density at radius 3 is 2.24 bits per heavy atom. The quantitative estimate of drug-likeness (QED) is 0.421. The monoisotopic (exact) mass is 453 g/mol. The van der Waals surface area contributed by atoms with Gasteiger partial charge in [-0.2, -0.15) is 0 Å². The zero-order valence-electron chi connectivity index (χ0n) is 19.2. The molecule has 0 saturated carbocycles. The van der Waals surface area contributed by atoms with Crippen molar-refractivity contribution in [3.63, 3.8) is 0 Å². The number of nitrogens with zero attached hydrogens (tertiary/aromatic N) is 3. The Bertz CT molecular complexity index is 983. The van der Waals surface area contributed by atoms with E-state index < -0.39 is 10.8 Å². The maximum atomic E-state index is 12.7. The number of nitro benzene ring substituents is 1. The summed E-state index contributed by atoms with van der Waals surface area (Å²) < 4.78 is 0. The van der Waals surface area contributed by atoms with E-state index in [0.29, 0.717) is 23.5 Å². The minimum atomic E-state index is -0.446. The number of rotatable bonds is 10. The van der Waals surface area contributed by atoms with Crippen molar-refractivity contribution in [1.29, 1.82) is 0 Å². The zero-order chi connectivity index (χ0) is 23.8. The summed E-state index contributed by atoms with van der Waals surface area (Å²) in [6.45, 7) is 8.94. The van der Waals surface area contributed by atoms with Crippen LogP contribution >= 0.6 is 0 Å². The van der Waals surface area contributed by atoms with Gasteiger partial charge in [0, 0.05) is 49.1 Å². The van der Waals surface area contributed by atoms with Crippen LogP contribution in [0, 0.1) is 10.1 Å². The molecule has 176 valence electrons. The van der Waals surface area contributed by atoms with E-state index in [1.807, 2.05) is 4.90 Å². The van der Waals surface area contributed by atoms with E-state index in [0.717, 1.165) is 45.6 Å². The van der Waals surface area contributed by atoms with Crippen molar-refractivity contribution in [2.75, 3.05) is 49.5 Å². The fourth-order valence-electron chi connectivity index (χ4n) is 3.91. The van der Waals surface area contributed by atoms with Crippen LogP contribution in [-0.4, -0.2) is 60.9 Å². The summed E-state index contributed by atoms with van der Waals surface area (Å²) in [5.41, 5.74) is 1.69. The standard InChI is InChI=1S/C24H31N5O4/c1-3-27(4-2)16-13-25-23(30)18-7-10-20(11-8-18)26-24(31)19-9-12-21(22(17-19)29(32)33)28-14-5-6-15-28/h7-12,17H,3-6,13-16H2,1-2H3,(H,25,30)(H,26,31). The topological polar surface area (TPSA) is 108 Å². The lowest BCUT2D eigenvalue weighted by molar-refractivity contribution is -0.384. The SMILES string of the molecule is CCN(CC)CCNC(=O)c1ccc(NC(=O)c2ccc(N3CCCC3)c([N+](=O)[O-])c2)cc1. The first kappa shape index (κ1) is 24.2. The minimum absolute atomic E-state index is 0.0683. The van der Waals surface area contributed by atoms with Crippen molar-refractivity contribution in [3.05, 3.63) is 63.7 Å². The molecule has 9 heteroatoms. The van der Waals surface area contributed by atoms with Gasteiger partial charge >= 0.3 is 0 Å². The number of nitro groups is 1. The average molecular weight is 454 g/mol. The van der Waals surface area contributed by atoms with Crippen LogP contribution in [0.1, 0.15) is 47.4 Å². The van der Waals surface area contributed by atoms with Crippen molar-refractivity contribution in [3.8, 4) is 0 Å². The van der Waals surface area contributed by atoms with Crippen molar-refractivity contribution < 1.29 is 14.5 Å². The van der Waals surface area contributed by atoms with Crippen molar-refractivity contribution >= 4 is 28.9 Å². The van der Waals surface area contributed by atoms with Gasteiger partial charge in [0.1, 0.15) is 5.69 Å². The van der Waals surface area contributed by atoms with Gasteiger partial charge in [-0.25, -0.2) is 0 Å². The molecule has 0 unspecified atom stereocenters. The first-order valence-corrected chi connectivity index (χ1v) is 11.4. The molecule has 1 aliphatic rings. The Kier molecular flexibility index (Phi) is 8.37. The van der Waals surface area contributed by atoms with E-state index in [1.54, 1.807) is 36.4 Å². The second-order valence-electron chi connectivity index (χ2n) is 7.97. The summed E-state index contributed by atoms with van der Waals surface area (Å²) in [5.74, 6) is -0.615. The highest BCUT2D eigenvalue weighted by Gasteiger charge is 2.24. The first-order chi connectivity index (χ1) is 15.9. The number of carbonyl (C=O) groups excluding carboxylic acids is 2. The second kappa shape index (κ2) is 11.4. The number of carbonyl (C=O) groups is 2. The van der Waals surface area contributed by atoms with Gasteiger partial charge in [-0.1, -0.05) is 13.8 Å². The Hall–Kier alpha value is -3.46. The molecular weight excluding hydrogens is 422 g/mol. The van der Waals surface area contributed by atoms with Gasteiger partial charge in [0.2, 0.25) is 0 Å². The van der Waals surface area contributed by atoms with E-state index in [4.69, 9.17) is 0 Å². The molecule has 9 nitrogen and oxygen atoms in total. The number of anilines is 2. The van der Waals surface area contributed by atoms with Crippen LogP contribution in [0.4, 0.5) is 17.1 Å². The lowest BCUT2D eigenvalue weighted by atomic mass is 10.1. The molecule has 1 saturated heterocycles. The molecule has 2 aromatic carbocycles. The van der Waals surface area contributed by atoms with Crippen LogP contribution in [-0.2, 0) is 0 Å². The number of hydrogen-bond donors (Lipinski definition) is 2. The predicted molar refractivity (Wildman–Crippen MR) is 129 cm³/mol. The summed E-state index contributed by atoms with van der Waals surface area (Å²) in [6.07, 6.45) is 2.01. The normalized spacial score (nSPS) is 13.2. The fourth-order valence-corrected chi connectivity index (χ4v) is 3.91. The molecule has 0 atom stereocenters. The molecule has 0 aliphatic carbocycles. The molecule has 0 radical (unpaired) electrons. The molecule has 1 heterocycles. The molecule has 0 bridgehead atoms. The van der Waals surface area contributed by atoms with E-state index in [2.05, 4.69) is 29.4 Å². The molecule has 2 amide bonds. The highest BCUT2D eigenvalue weighted by atomic mass is 16.6. The molecule has 1 fully saturated rings. The van der Waals surface area contributed by atoms with Crippen LogP contribution in [0.3, 0.4) is 0 Å². The Morgan fingerprint density at radius 1 is 1.00 bits per heavy atom. The molecular formula is C24H31N5O4. The number of nitrogens with one attached hydrogen (secondary N) is 2. The van der Waals surface area contributed by atoms with Gasteiger partial charge in [-0.05, 0) is 62.3 Å². The molecule has 3 rings (SSSR count). The van der Waals surface area contributed by atoms with Gasteiger partial charge in [-0.3, -0.25) is 19.7 Å². The third-order valence-corrected chi connectivity index (χ3v) is 5.89. The maximum Gasteiger partial charge on any atom is 0.293 e. The Morgan fingerprint density at radius 2 is 1.64 bits per heavy atom. The zero-order valence-corrected chi connectivity index (χ0v) is 19.2. The van der Waals surface area contributed by atoms with Crippen LogP contribution < -0.4 is 15.5 Å². The minimum Gasteiger partial charge on any atom is -0.366 e. The van der Waals surface area contributed by atoms with Crippen molar-refractivity contribution in [2.45, 2.75) is 26.7 Å². The second-order valence-corrected chi connectivity index (χ2v) is 7.97. The van der Waals surface area contributed by atoms with E-state index >= 15 is 0 Å². The Balaban J connectivity index is 1.61. The van der Waals surface area contributed by atoms with Crippen LogP contribution in [0.2, 0.25) is 0 Å². The fraction of sp³-hybridized carbons (Fsp3) is 0.417. The lowest BCUT2D eigenvalue weighted by Gasteiger charge is -2.18. The smallest absolute Gasteiger partial charge is 0.293 e. The van der Waals surface area contributed by atoms with Gasteiger partial charge in [0.15, 0.2) is 0 Å². The van der Waals surface area contributed by atoms with Gasteiger partial charge in [0.05, 0.1) is 4.92 Å². The molecule has 0 spiro atoms. The third-order valence-electron chi connectivity index (χ3n) is 5.89. The predicted octanol–water partition coefficient (Wildman–Crippen LogP) is 3.52. The largest absolute Gasteiger partial charge is 0.366 e. The first-order valence-electron chi connectivity index (χ1n) is 11.4. The van der Waals surface area contributed by atoms with Gasteiger partial charge < -0.3 is 20.4 Å². The van der Waals surface area contributed by atoms with E-state index in [1.165, 1.54) is 6.07 Å². The van der Waals surface area contributed by atoms with E-state index in [9.17, 15) is 19.7 Å². The Labute approximate surface area is 193 Å². The molecule has 1 aliphatic heterocycles. The van der Waals surface area contributed by atoms with Crippen LogP contribution in [0.5, 0.6) is 0 Å². The molecule has 33 heavy (non-hydrogen) atoms. The van der Waals surface area contributed by atoms with Crippen LogP contribution in [0.25, 0.3) is 0 Å². The van der Waals surface area contributed by atoms with Crippen molar-refractivity contribution in [1.82, 2.24) is 10.2 Å². The maximum absolute atomic E-state index is 12.7. The summed E-state index contributed by atoms with van der Waals surface area (Å²) >= 11 is 0. The summed E-state index contributed by atoms with van der Waals surface area (Å²) in [6, 6.07) is 11.1. The summed E-state index contributed by atoms with van der Waals surface area (Å²) in [5, 5.41) is 17.2. The van der Waals surface area contributed by atoms with E-state index in [-0.39, 0.29) is 17.2 Å². The summed E-state index contributed by atoms with van der Waals surface area (Å²) in [4.78, 5) is 40.3.